The Bertz CT molecular complexity index is 1310. The summed E-state index contributed by atoms with van der Waals surface area (Å²) in [5.41, 5.74) is -0.964. The number of nitro groups is 1. The van der Waals surface area contributed by atoms with Gasteiger partial charge in [-0.15, -0.1) is 0 Å². The van der Waals surface area contributed by atoms with E-state index in [2.05, 4.69) is 0 Å². The largest absolute Gasteiger partial charge is 0.507 e. The van der Waals surface area contributed by atoms with E-state index in [9.17, 15) is 29.6 Å². The minimum atomic E-state index is -0.713. The lowest BCUT2D eigenvalue weighted by atomic mass is 9.83. The summed E-state index contributed by atoms with van der Waals surface area (Å²) >= 11 is 0. The number of phenolic OH excluding ortho intramolecular Hbond substituents is 1. The zero-order chi connectivity index (χ0) is 25.1. The number of fused-ring (bicyclic) bond motifs is 5. The number of ether oxygens (including phenoxy) is 2. The van der Waals surface area contributed by atoms with Crippen LogP contribution in [-0.2, 0) is 11.3 Å². The zero-order valence-corrected chi connectivity index (χ0v) is 19.4. The van der Waals surface area contributed by atoms with Crippen LogP contribution in [0.1, 0.15) is 48.7 Å². The highest BCUT2D eigenvalue weighted by molar-refractivity contribution is 6.03. The number of aromatic hydroxyl groups is 1. The second kappa shape index (κ2) is 8.10. The molecule has 1 N–H and O–H groups in total. The van der Waals surface area contributed by atoms with E-state index in [1.54, 1.807) is 24.8 Å². The van der Waals surface area contributed by atoms with Crippen LogP contribution in [0.3, 0.4) is 0 Å². The van der Waals surface area contributed by atoms with E-state index in [0.717, 1.165) is 6.42 Å². The SMILES string of the molecule is CC1(C)CC(=O)c2c(O)cc(OCC(=O)N3CC4CC(C3)c3ccc([N+](=O)[O-])c(=O)n3C4)cc2O1. The number of piperidine rings is 1. The number of ketones is 1. The van der Waals surface area contributed by atoms with Crippen LogP contribution < -0.4 is 15.0 Å². The summed E-state index contributed by atoms with van der Waals surface area (Å²) in [6.07, 6.45) is 0.938. The number of nitrogens with zero attached hydrogens (tertiary/aromatic N) is 3. The van der Waals surface area contributed by atoms with Gasteiger partial charge in [0.25, 0.3) is 5.91 Å². The molecule has 2 aromatic rings. The molecule has 2 atom stereocenters. The van der Waals surface area contributed by atoms with E-state index in [0.29, 0.717) is 25.3 Å². The van der Waals surface area contributed by atoms with Gasteiger partial charge in [-0.05, 0) is 32.3 Å². The van der Waals surface area contributed by atoms with E-state index in [-0.39, 0.29) is 59.4 Å². The molecule has 0 saturated carbocycles. The quantitative estimate of drug-likeness (QED) is 0.516. The van der Waals surface area contributed by atoms with E-state index in [1.807, 2.05) is 0 Å². The number of amides is 1. The fourth-order valence-electron chi connectivity index (χ4n) is 5.34. The van der Waals surface area contributed by atoms with Gasteiger partial charge < -0.3 is 24.0 Å². The van der Waals surface area contributed by atoms with Gasteiger partial charge in [-0.25, -0.2) is 0 Å². The van der Waals surface area contributed by atoms with Crippen LogP contribution in [0.4, 0.5) is 5.69 Å². The Morgan fingerprint density at radius 3 is 2.77 bits per heavy atom. The molecule has 0 aliphatic carbocycles. The number of hydrogen-bond donors (Lipinski definition) is 1. The molecule has 1 saturated heterocycles. The Hall–Kier alpha value is -3.89. The molecule has 3 aliphatic heterocycles. The van der Waals surface area contributed by atoms with Gasteiger partial charge in [0.05, 0.1) is 11.3 Å². The fraction of sp³-hybridized carbons (Fsp3) is 0.458. The maximum Gasteiger partial charge on any atom is 0.334 e. The number of rotatable bonds is 4. The minimum Gasteiger partial charge on any atom is -0.507 e. The first-order chi connectivity index (χ1) is 16.5. The number of pyridine rings is 1. The molecule has 2 unspecified atom stereocenters. The number of aromatic nitrogens is 1. The Kier molecular flexibility index (Phi) is 5.30. The molecule has 4 heterocycles. The van der Waals surface area contributed by atoms with Gasteiger partial charge >= 0.3 is 11.2 Å². The van der Waals surface area contributed by atoms with Crippen LogP contribution in [0.15, 0.2) is 29.1 Å². The van der Waals surface area contributed by atoms with Crippen LogP contribution in [0, 0.1) is 16.0 Å². The van der Waals surface area contributed by atoms with Crippen molar-refractivity contribution >= 4 is 17.4 Å². The second-order valence-electron chi connectivity index (χ2n) is 9.98. The third-order valence-electron chi connectivity index (χ3n) is 6.80. The van der Waals surface area contributed by atoms with E-state index in [4.69, 9.17) is 9.47 Å². The van der Waals surface area contributed by atoms with Crippen LogP contribution in [-0.4, -0.2) is 56.5 Å². The lowest BCUT2D eigenvalue weighted by molar-refractivity contribution is -0.386. The highest BCUT2D eigenvalue weighted by Gasteiger charge is 2.38. The van der Waals surface area contributed by atoms with Crippen LogP contribution in [0.5, 0.6) is 17.2 Å². The zero-order valence-electron chi connectivity index (χ0n) is 19.4. The maximum absolute atomic E-state index is 12.9. The smallest absolute Gasteiger partial charge is 0.334 e. The normalized spacial score (nSPS) is 22.0. The van der Waals surface area contributed by atoms with Gasteiger partial charge in [0.2, 0.25) is 0 Å². The first kappa shape index (κ1) is 22.9. The summed E-state index contributed by atoms with van der Waals surface area (Å²) in [6, 6.07) is 5.63. The van der Waals surface area contributed by atoms with Gasteiger partial charge in [-0.1, -0.05) is 0 Å². The molecule has 0 radical (unpaired) electrons. The molecule has 1 amide bonds. The molecule has 11 heteroatoms. The number of likely N-dealkylation sites (tertiary alicyclic amines) is 1. The van der Waals surface area contributed by atoms with Crippen LogP contribution in [0.25, 0.3) is 0 Å². The lowest BCUT2D eigenvalue weighted by Crippen LogP contribution is -2.50. The molecule has 1 fully saturated rings. The highest BCUT2D eigenvalue weighted by atomic mass is 16.6. The summed E-state index contributed by atoms with van der Waals surface area (Å²) in [7, 11) is 0. The van der Waals surface area contributed by atoms with E-state index < -0.39 is 21.8 Å². The number of carbonyl (C=O) groups is 2. The van der Waals surface area contributed by atoms with Gasteiger partial charge in [-0.3, -0.25) is 24.5 Å². The van der Waals surface area contributed by atoms with Gasteiger partial charge in [0.15, 0.2) is 12.4 Å². The molecular formula is C24H25N3O8. The van der Waals surface area contributed by atoms with Crippen molar-refractivity contribution in [2.75, 3.05) is 19.7 Å². The molecule has 0 spiro atoms. The van der Waals surface area contributed by atoms with Crippen molar-refractivity contribution in [2.45, 2.75) is 44.8 Å². The average molecular weight is 483 g/mol. The summed E-state index contributed by atoms with van der Waals surface area (Å²) in [5, 5.41) is 21.4. The van der Waals surface area contributed by atoms with Crippen molar-refractivity contribution < 1.29 is 29.1 Å². The molecule has 184 valence electrons. The summed E-state index contributed by atoms with van der Waals surface area (Å²) < 4.78 is 12.9. The molecule has 11 nitrogen and oxygen atoms in total. The Morgan fingerprint density at radius 2 is 2.03 bits per heavy atom. The van der Waals surface area contributed by atoms with Crippen molar-refractivity contribution in [1.29, 1.82) is 0 Å². The molecule has 1 aromatic carbocycles. The summed E-state index contributed by atoms with van der Waals surface area (Å²) in [4.78, 5) is 50.0. The third-order valence-corrected chi connectivity index (χ3v) is 6.80. The van der Waals surface area contributed by atoms with Gasteiger partial charge in [-0.2, -0.15) is 0 Å². The fourth-order valence-corrected chi connectivity index (χ4v) is 5.34. The number of benzene rings is 1. The number of Topliss-reactive ketones (excluding diaryl/α,β-unsaturated/α-hetero) is 1. The van der Waals surface area contributed by atoms with Crippen molar-refractivity contribution in [3.8, 4) is 17.2 Å². The van der Waals surface area contributed by atoms with Crippen LogP contribution >= 0.6 is 0 Å². The monoisotopic (exact) mass is 483 g/mol. The maximum atomic E-state index is 12.9. The second-order valence-corrected chi connectivity index (χ2v) is 9.98. The minimum absolute atomic E-state index is 0.000614. The Morgan fingerprint density at radius 1 is 1.26 bits per heavy atom. The van der Waals surface area contributed by atoms with Gasteiger partial charge in [0, 0.05) is 49.4 Å². The molecule has 5 rings (SSSR count). The Balaban J connectivity index is 1.29. The van der Waals surface area contributed by atoms with Crippen molar-refractivity contribution in [2.24, 2.45) is 5.92 Å². The average Bonchev–Trinajstić information content (AvgIpc) is 2.76. The topological polar surface area (TPSA) is 141 Å². The molecular weight excluding hydrogens is 458 g/mol. The molecule has 35 heavy (non-hydrogen) atoms. The van der Waals surface area contributed by atoms with E-state index >= 15 is 0 Å². The summed E-state index contributed by atoms with van der Waals surface area (Å²) in [6.45, 7) is 4.38. The van der Waals surface area contributed by atoms with Crippen molar-refractivity contribution in [3.05, 3.63) is 56.0 Å². The van der Waals surface area contributed by atoms with E-state index in [1.165, 1.54) is 22.8 Å². The standard InChI is InChI=1S/C24H25N3O8/c1-24(2)8-19(29)22-18(28)6-15(7-20(22)35-24)34-12-21(30)25-9-13-5-14(11-25)16-3-4-17(27(32)33)23(31)26(16)10-13/h3-4,6-7,13-14,28H,5,8-12H2,1-2H3. The summed E-state index contributed by atoms with van der Waals surface area (Å²) in [5.74, 6) is -0.408. The van der Waals surface area contributed by atoms with Crippen molar-refractivity contribution in [3.63, 3.8) is 0 Å². The highest BCUT2D eigenvalue weighted by Crippen LogP contribution is 2.41. The predicted octanol–water partition coefficient (Wildman–Crippen LogP) is 2.23. The molecule has 2 bridgehead atoms. The molecule has 3 aliphatic rings. The lowest BCUT2D eigenvalue weighted by Gasteiger charge is -2.42. The first-order valence-electron chi connectivity index (χ1n) is 11.4. The third kappa shape index (κ3) is 4.11. The van der Waals surface area contributed by atoms with Crippen LogP contribution in [0.2, 0.25) is 0 Å². The Labute approximate surface area is 200 Å². The number of phenols is 1. The molecule has 1 aromatic heterocycles. The first-order valence-corrected chi connectivity index (χ1v) is 11.4. The number of hydrogen-bond acceptors (Lipinski definition) is 8. The predicted molar refractivity (Wildman–Crippen MR) is 122 cm³/mol. The van der Waals surface area contributed by atoms with Crippen molar-refractivity contribution in [1.82, 2.24) is 9.47 Å². The van der Waals surface area contributed by atoms with Gasteiger partial charge in [0.1, 0.15) is 28.4 Å². The number of carbonyl (C=O) groups excluding carboxylic acids is 2.